The maximum Gasteiger partial charge on any atom is 0.418 e. The fraction of sp³-hybridized carbons (Fsp3) is 0.333. The van der Waals surface area contributed by atoms with Crippen LogP contribution < -0.4 is 11.1 Å². The number of halogens is 4. The Balaban J connectivity index is 0.00000312. The third-order valence-corrected chi connectivity index (χ3v) is 4.08. The first-order valence-electron chi connectivity index (χ1n) is 7.18. The molecule has 0 atom stereocenters. The maximum absolute atomic E-state index is 12.9. The minimum absolute atomic E-state index is 0. The Morgan fingerprint density at radius 3 is 2.60 bits per heavy atom. The van der Waals surface area contributed by atoms with E-state index in [2.05, 4.69) is 10.3 Å². The summed E-state index contributed by atoms with van der Waals surface area (Å²) in [5, 5.41) is 2.77. The highest BCUT2D eigenvalue weighted by atomic mass is 35.5. The molecular formula is C15H18ClF3N4OS. The zero-order chi connectivity index (χ0) is 17.7. The molecule has 0 aliphatic carbocycles. The molecule has 1 aromatic heterocycles. The number of nitrogens with zero attached hydrogens (tertiary/aromatic N) is 2. The number of carbonyl (C=O) groups excluding carboxylic acids is 1. The van der Waals surface area contributed by atoms with Gasteiger partial charge in [-0.3, -0.25) is 9.69 Å². The molecule has 0 aliphatic rings. The minimum Gasteiger partial charge on any atom is -0.375 e. The van der Waals surface area contributed by atoms with Crippen LogP contribution in [0.4, 0.5) is 24.0 Å². The largest absolute Gasteiger partial charge is 0.418 e. The predicted octanol–water partition coefficient (Wildman–Crippen LogP) is 3.63. The molecule has 0 saturated heterocycles. The molecule has 1 amide bonds. The molecule has 138 valence electrons. The Morgan fingerprint density at radius 2 is 2.04 bits per heavy atom. The van der Waals surface area contributed by atoms with Gasteiger partial charge in [0, 0.05) is 17.6 Å². The van der Waals surface area contributed by atoms with E-state index in [1.54, 1.807) is 11.1 Å². The number of anilines is 2. The molecule has 1 aromatic carbocycles. The second-order valence-electron chi connectivity index (χ2n) is 5.06. The number of nitrogens with two attached hydrogens (primary N) is 1. The standard InChI is InChI=1S/C15H17F3N4OS.ClH/c1-2-22(8-10-7-20-14(19)24-10)9-13(23)21-12-6-4-3-5-11(12)15(16,17)18;/h3-7H,2,8-9H2,1H3,(H2,19,20)(H,21,23);1H. The van der Waals surface area contributed by atoms with E-state index in [1.807, 2.05) is 6.92 Å². The number of amides is 1. The normalized spacial score (nSPS) is 11.2. The predicted molar refractivity (Wildman–Crippen MR) is 94.8 cm³/mol. The van der Waals surface area contributed by atoms with Crippen molar-refractivity contribution < 1.29 is 18.0 Å². The molecule has 0 bridgehead atoms. The van der Waals surface area contributed by atoms with Gasteiger partial charge in [-0.1, -0.05) is 19.1 Å². The lowest BCUT2D eigenvalue weighted by Gasteiger charge is -2.20. The van der Waals surface area contributed by atoms with Crippen molar-refractivity contribution in [1.29, 1.82) is 0 Å². The third-order valence-electron chi connectivity index (χ3n) is 3.27. The average molecular weight is 395 g/mol. The van der Waals surface area contributed by atoms with Gasteiger partial charge in [-0.15, -0.1) is 23.7 Å². The number of alkyl halides is 3. The summed E-state index contributed by atoms with van der Waals surface area (Å²) in [6, 6.07) is 4.90. The Morgan fingerprint density at radius 1 is 1.36 bits per heavy atom. The molecule has 0 radical (unpaired) electrons. The Kier molecular flexibility index (Phi) is 7.65. The van der Waals surface area contributed by atoms with Gasteiger partial charge in [0.05, 0.1) is 17.8 Å². The van der Waals surface area contributed by atoms with Crippen LogP contribution in [-0.4, -0.2) is 28.9 Å². The van der Waals surface area contributed by atoms with Crippen LogP contribution in [0.2, 0.25) is 0 Å². The number of carbonyl (C=O) groups is 1. The molecule has 0 spiro atoms. The number of aromatic nitrogens is 1. The molecule has 0 fully saturated rings. The zero-order valence-electron chi connectivity index (χ0n) is 13.3. The summed E-state index contributed by atoms with van der Waals surface area (Å²) < 4.78 is 38.8. The first kappa shape index (κ1) is 21.2. The van der Waals surface area contributed by atoms with Crippen LogP contribution in [0.1, 0.15) is 17.4 Å². The summed E-state index contributed by atoms with van der Waals surface area (Å²) >= 11 is 1.31. The van der Waals surface area contributed by atoms with Crippen molar-refractivity contribution in [2.45, 2.75) is 19.6 Å². The fourth-order valence-corrected chi connectivity index (χ4v) is 2.85. The van der Waals surface area contributed by atoms with E-state index >= 15 is 0 Å². The summed E-state index contributed by atoms with van der Waals surface area (Å²) in [4.78, 5) is 18.7. The van der Waals surface area contributed by atoms with Crippen LogP contribution in [0.15, 0.2) is 30.5 Å². The number of nitrogens with one attached hydrogen (secondary N) is 1. The molecular weight excluding hydrogens is 377 g/mol. The lowest BCUT2D eigenvalue weighted by Crippen LogP contribution is -2.33. The molecule has 3 N–H and O–H groups in total. The monoisotopic (exact) mass is 394 g/mol. The highest BCUT2D eigenvalue weighted by molar-refractivity contribution is 7.15. The average Bonchev–Trinajstić information content (AvgIpc) is 2.91. The van der Waals surface area contributed by atoms with Crippen LogP contribution in [0, 0.1) is 0 Å². The van der Waals surface area contributed by atoms with Crippen molar-refractivity contribution in [3.05, 3.63) is 40.9 Å². The first-order chi connectivity index (χ1) is 11.3. The van der Waals surface area contributed by atoms with Crippen LogP contribution in [0.5, 0.6) is 0 Å². The fourth-order valence-electron chi connectivity index (χ4n) is 2.13. The molecule has 0 saturated carbocycles. The molecule has 25 heavy (non-hydrogen) atoms. The number of hydrogen-bond acceptors (Lipinski definition) is 5. The number of benzene rings is 1. The molecule has 2 aromatic rings. The van der Waals surface area contributed by atoms with Crippen LogP contribution >= 0.6 is 23.7 Å². The van der Waals surface area contributed by atoms with Gasteiger partial charge in [-0.05, 0) is 18.7 Å². The smallest absolute Gasteiger partial charge is 0.375 e. The van der Waals surface area contributed by atoms with Crippen molar-refractivity contribution in [3.8, 4) is 0 Å². The third kappa shape index (κ3) is 6.18. The quantitative estimate of drug-likeness (QED) is 0.784. The number of para-hydroxylation sites is 1. The SMILES string of the molecule is CCN(CC(=O)Nc1ccccc1C(F)(F)F)Cc1cnc(N)s1.Cl. The van der Waals surface area contributed by atoms with Crippen molar-refractivity contribution in [1.82, 2.24) is 9.88 Å². The van der Waals surface area contributed by atoms with Gasteiger partial charge >= 0.3 is 6.18 Å². The van der Waals surface area contributed by atoms with E-state index in [9.17, 15) is 18.0 Å². The minimum atomic E-state index is -4.52. The molecule has 0 unspecified atom stereocenters. The number of likely N-dealkylation sites (N-methyl/N-ethyl adjacent to an activating group) is 1. The van der Waals surface area contributed by atoms with E-state index in [0.29, 0.717) is 18.2 Å². The molecule has 5 nitrogen and oxygen atoms in total. The van der Waals surface area contributed by atoms with E-state index in [1.165, 1.54) is 29.5 Å². The Labute approximate surface area is 153 Å². The van der Waals surface area contributed by atoms with Gasteiger partial charge in [0.1, 0.15) is 0 Å². The molecule has 10 heteroatoms. The van der Waals surface area contributed by atoms with Gasteiger partial charge < -0.3 is 11.1 Å². The molecule has 0 aliphatic heterocycles. The summed E-state index contributed by atoms with van der Waals surface area (Å²) in [7, 11) is 0. The summed E-state index contributed by atoms with van der Waals surface area (Å²) in [5.74, 6) is -0.508. The highest BCUT2D eigenvalue weighted by Gasteiger charge is 2.33. The van der Waals surface area contributed by atoms with Crippen molar-refractivity contribution in [2.75, 3.05) is 24.1 Å². The van der Waals surface area contributed by atoms with Gasteiger partial charge in [-0.2, -0.15) is 13.2 Å². The maximum atomic E-state index is 12.9. The van der Waals surface area contributed by atoms with E-state index in [4.69, 9.17) is 5.73 Å². The topological polar surface area (TPSA) is 71.2 Å². The molecule has 1 heterocycles. The lowest BCUT2D eigenvalue weighted by molar-refractivity contribution is -0.137. The number of nitrogen functional groups attached to an aromatic ring is 1. The van der Waals surface area contributed by atoms with Crippen LogP contribution in [0.25, 0.3) is 0 Å². The zero-order valence-corrected chi connectivity index (χ0v) is 15.0. The Bertz CT molecular complexity index is 708. The summed E-state index contributed by atoms with van der Waals surface area (Å²) in [5.41, 5.74) is 4.45. The van der Waals surface area contributed by atoms with Gasteiger partial charge in [0.25, 0.3) is 0 Å². The highest BCUT2D eigenvalue weighted by Crippen LogP contribution is 2.34. The van der Waals surface area contributed by atoms with E-state index < -0.39 is 17.6 Å². The molecule has 2 rings (SSSR count). The Hall–Kier alpha value is -1.84. The number of thiazole rings is 1. The van der Waals surface area contributed by atoms with Gasteiger partial charge in [0.2, 0.25) is 5.91 Å². The van der Waals surface area contributed by atoms with Crippen molar-refractivity contribution in [3.63, 3.8) is 0 Å². The summed E-state index contributed by atoms with van der Waals surface area (Å²) in [6.45, 7) is 2.85. The second kappa shape index (κ2) is 9.02. The summed E-state index contributed by atoms with van der Waals surface area (Å²) in [6.07, 6.45) is -2.89. The van der Waals surface area contributed by atoms with E-state index in [0.717, 1.165) is 10.9 Å². The van der Waals surface area contributed by atoms with Crippen LogP contribution in [0.3, 0.4) is 0 Å². The van der Waals surface area contributed by atoms with Crippen molar-refractivity contribution in [2.24, 2.45) is 0 Å². The second-order valence-corrected chi connectivity index (χ2v) is 6.21. The van der Waals surface area contributed by atoms with Crippen molar-refractivity contribution >= 4 is 40.5 Å². The van der Waals surface area contributed by atoms with Gasteiger partial charge in [0.15, 0.2) is 5.13 Å². The van der Waals surface area contributed by atoms with Crippen LogP contribution in [-0.2, 0) is 17.5 Å². The number of hydrogen-bond donors (Lipinski definition) is 2. The first-order valence-corrected chi connectivity index (χ1v) is 8.00. The van der Waals surface area contributed by atoms with E-state index in [-0.39, 0.29) is 24.6 Å². The number of rotatable bonds is 6. The lowest BCUT2D eigenvalue weighted by atomic mass is 10.1. The van der Waals surface area contributed by atoms with Gasteiger partial charge in [-0.25, -0.2) is 4.98 Å².